The van der Waals surface area contributed by atoms with Gasteiger partial charge in [-0.2, -0.15) is 0 Å². The summed E-state index contributed by atoms with van der Waals surface area (Å²) in [4.78, 5) is 11.7. The quantitative estimate of drug-likeness (QED) is 0.749. The van der Waals surface area contributed by atoms with E-state index in [9.17, 15) is 4.79 Å². The first-order chi connectivity index (χ1) is 11.2. The number of hydrogen-bond acceptors (Lipinski definition) is 2. The van der Waals surface area contributed by atoms with Crippen LogP contribution in [-0.2, 0) is 15.6 Å². The summed E-state index contributed by atoms with van der Waals surface area (Å²) in [7, 11) is 0. The molecule has 3 nitrogen and oxygen atoms in total. The molecule has 1 amide bonds. The molecule has 1 N–H and O–H groups in total. The van der Waals surface area contributed by atoms with Crippen LogP contribution in [-0.4, -0.2) is 18.2 Å². The Balaban J connectivity index is 2.89. The zero-order valence-electron chi connectivity index (χ0n) is 17.4. The molecule has 0 fully saturated rings. The van der Waals surface area contributed by atoms with Crippen molar-refractivity contribution in [3.8, 4) is 0 Å². The predicted molar refractivity (Wildman–Crippen MR) is 107 cm³/mol. The highest BCUT2D eigenvalue weighted by Crippen LogP contribution is 2.30. The van der Waals surface area contributed by atoms with Crippen LogP contribution < -0.4 is 5.32 Å². The third-order valence-corrected chi connectivity index (χ3v) is 3.76. The minimum Gasteiger partial charge on any atom is -0.444 e. The normalized spacial score (nSPS) is 13.2. The van der Waals surface area contributed by atoms with Crippen LogP contribution in [0.3, 0.4) is 0 Å². The summed E-state index contributed by atoms with van der Waals surface area (Å²) in [6.45, 7) is 19.4. The van der Waals surface area contributed by atoms with Crippen molar-refractivity contribution < 1.29 is 9.53 Å². The maximum absolute atomic E-state index is 11.7. The Morgan fingerprint density at radius 2 is 1.40 bits per heavy atom. The number of amides is 1. The Labute approximate surface area is 153 Å². The lowest BCUT2D eigenvalue weighted by Gasteiger charge is -2.25. The summed E-state index contributed by atoms with van der Waals surface area (Å²) in [6, 6.07) is 6.74. The average molecular weight is 346 g/mol. The van der Waals surface area contributed by atoms with Gasteiger partial charge in [0.1, 0.15) is 5.60 Å². The Hall–Kier alpha value is -1.77. The zero-order valence-corrected chi connectivity index (χ0v) is 17.4. The highest BCUT2D eigenvalue weighted by atomic mass is 16.6. The highest BCUT2D eigenvalue weighted by molar-refractivity contribution is 5.68. The Morgan fingerprint density at radius 3 is 1.80 bits per heavy atom. The summed E-state index contributed by atoms with van der Waals surface area (Å²) < 4.78 is 5.23. The van der Waals surface area contributed by atoms with Crippen molar-refractivity contribution in [3.63, 3.8) is 0 Å². The second kappa shape index (κ2) is 7.63. The van der Waals surface area contributed by atoms with E-state index in [2.05, 4.69) is 71.1 Å². The fourth-order valence-corrected chi connectivity index (χ4v) is 2.27. The maximum atomic E-state index is 11.7. The Morgan fingerprint density at radius 1 is 0.920 bits per heavy atom. The van der Waals surface area contributed by atoms with Crippen LogP contribution in [0.15, 0.2) is 24.3 Å². The number of alkyl carbamates (subject to hydrolysis) is 1. The number of carbonyl (C=O) groups is 1. The van der Waals surface area contributed by atoms with Gasteiger partial charge in [-0.05, 0) is 48.3 Å². The third kappa shape index (κ3) is 7.76. The van der Waals surface area contributed by atoms with Gasteiger partial charge in [0.15, 0.2) is 0 Å². The SMILES string of the molecule is CC(C)(C)OC(=O)NCC=Cc1cc(C(C)(C)C)cc(C(C)(C)C)c1. The van der Waals surface area contributed by atoms with Crippen molar-refractivity contribution in [1.29, 1.82) is 0 Å². The van der Waals surface area contributed by atoms with E-state index in [4.69, 9.17) is 4.74 Å². The molecule has 25 heavy (non-hydrogen) atoms. The molecule has 0 aromatic heterocycles. The van der Waals surface area contributed by atoms with Gasteiger partial charge < -0.3 is 10.1 Å². The topological polar surface area (TPSA) is 38.3 Å². The highest BCUT2D eigenvalue weighted by Gasteiger charge is 2.20. The summed E-state index contributed by atoms with van der Waals surface area (Å²) in [5.41, 5.74) is 3.51. The molecule has 0 saturated carbocycles. The van der Waals surface area contributed by atoms with E-state index in [0.717, 1.165) is 5.56 Å². The van der Waals surface area contributed by atoms with Crippen molar-refractivity contribution in [3.05, 3.63) is 41.0 Å². The van der Waals surface area contributed by atoms with Gasteiger partial charge in [-0.25, -0.2) is 4.79 Å². The second-order valence-electron chi connectivity index (χ2n) is 9.63. The van der Waals surface area contributed by atoms with Gasteiger partial charge in [0.05, 0.1) is 0 Å². The molecule has 0 saturated heterocycles. The number of ether oxygens (including phenoxy) is 1. The lowest BCUT2D eigenvalue weighted by atomic mass is 9.79. The molecule has 1 rings (SSSR count). The standard InChI is InChI=1S/C22H35NO2/c1-20(2,3)17-13-16(14-18(15-17)21(4,5)6)11-10-12-23-19(24)25-22(7,8)9/h10-11,13-15H,12H2,1-9H3,(H,23,24). The number of carbonyl (C=O) groups excluding carboxylic acids is 1. The average Bonchev–Trinajstić information content (AvgIpc) is 2.39. The molecule has 0 radical (unpaired) electrons. The molecule has 0 aliphatic carbocycles. The summed E-state index contributed by atoms with van der Waals surface area (Å²) in [5, 5.41) is 2.75. The largest absolute Gasteiger partial charge is 0.444 e. The molecule has 0 unspecified atom stereocenters. The van der Waals surface area contributed by atoms with Crippen LogP contribution in [0.1, 0.15) is 79.0 Å². The van der Waals surface area contributed by atoms with E-state index >= 15 is 0 Å². The molecule has 0 bridgehead atoms. The number of benzene rings is 1. The molecule has 3 heteroatoms. The van der Waals surface area contributed by atoms with Crippen molar-refractivity contribution in [2.75, 3.05) is 6.54 Å². The number of rotatable bonds is 3. The van der Waals surface area contributed by atoms with Crippen molar-refractivity contribution in [2.24, 2.45) is 0 Å². The minimum atomic E-state index is -0.476. The molecule has 0 aliphatic heterocycles. The fourth-order valence-electron chi connectivity index (χ4n) is 2.27. The summed E-state index contributed by atoms with van der Waals surface area (Å²) in [5.74, 6) is 0. The first-order valence-electron chi connectivity index (χ1n) is 8.98. The molecule has 0 heterocycles. The van der Waals surface area contributed by atoms with Gasteiger partial charge >= 0.3 is 6.09 Å². The van der Waals surface area contributed by atoms with Gasteiger partial charge in [-0.15, -0.1) is 0 Å². The van der Waals surface area contributed by atoms with Gasteiger partial charge in [0.2, 0.25) is 0 Å². The van der Waals surface area contributed by atoms with Crippen molar-refractivity contribution in [2.45, 2.75) is 78.7 Å². The summed E-state index contributed by atoms with van der Waals surface area (Å²) >= 11 is 0. The summed E-state index contributed by atoms with van der Waals surface area (Å²) in [6.07, 6.45) is 3.62. The van der Waals surface area contributed by atoms with Crippen molar-refractivity contribution >= 4 is 12.2 Å². The Bertz CT molecular complexity index is 591. The van der Waals surface area contributed by atoms with Gasteiger partial charge in [-0.3, -0.25) is 0 Å². The van der Waals surface area contributed by atoms with E-state index in [1.165, 1.54) is 11.1 Å². The zero-order chi connectivity index (χ0) is 19.5. The fraction of sp³-hybridized carbons (Fsp3) is 0.591. The number of hydrogen-bond donors (Lipinski definition) is 1. The lowest BCUT2D eigenvalue weighted by molar-refractivity contribution is 0.0534. The first-order valence-corrected chi connectivity index (χ1v) is 8.98. The first kappa shape index (κ1) is 21.3. The van der Waals surface area contributed by atoms with Crippen LogP contribution in [0.5, 0.6) is 0 Å². The van der Waals surface area contributed by atoms with Crippen LogP contribution in [0.4, 0.5) is 4.79 Å². The molecular weight excluding hydrogens is 310 g/mol. The molecule has 0 aliphatic rings. The monoisotopic (exact) mass is 345 g/mol. The smallest absolute Gasteiger partial charge is 0.407 e. The van der Waals surface area contributed by atoms with Gasteiger partial charge in [0.25, 0.3) is 0 Å². The van der Waals surface area contributed by atoms with Gasteiger partial charge in [0, 0.05) is 6.54 Å². The van der Waals surface area contributed by atoms with E-state index < -0.39 is 11.7 Å². The van der Waals surface area contributed by atoms with Crippen molar-refractivity contribution in [1.82, 2.24) is 5.32 Å². The second-order valence-corrected chi connectivity index (χ2v) is 9.63. The maximum Gasteiger partial charge on any atom is 0.407 e. The molecule has 1 aromatic rings. The Kier molecular flexibility index (Phi) is 6.50. The van der Waals surface area contributed by atoms with E-state index in [-0.39, 0.29) is 10.8 Å². The predicted octanol–water partition coefficient (Wildman–Crippen LogP) is 5.82. The third-order valence-electron chi connectivity index (χ3n) is 3.76. The molecule has 1 aromatic carbocycles. The van der Waals surface area contributed by atoms with E-state index in [0.29, 0.717) is 6.54 Å². The lowest BCUT2D eigenvalue weighted by Crippen LogP contribution is -2.32. The molecule has 140 valence electrons. The minimum absolute atomic E-state index is 0.0958. The molecular formula is C22H35NO2. The van der Waals surface area contributed by atoms with Crippen LogP contribution in [0, 0.1) is 0 Å². The van der Waals surface area contributed by atoms with Crippen LogP contribution >= 0.6 is 0 Å². The van der Waals surface area contributed by atoms with Gasteiger partial charge in [-0.1, -0.05) is 71.9 Å². The molecule has 0 spiro atoms. The van der Waals surface area contributed by atoms with Crippen LogP contribution in [0.2, 0.25) is 0 Å². The van der Waals surface area contributed by atoms with E-state index in [1.54, 1.807) is 0 Å². The molecule has 0 atom stereocenters. The van der Waals surface area contributed by atoms with Crippen LogP contribution in [0.25, 0.3) is 6.08 Å². The van der Waals surface area contributed by atoms with E-state index in [1.807, 2.05) is 26.8 Å². The number of nitrogens with one attached hydrogen (secondary N) is 1.